The molecule has 0 N–H and O–H groups in total. The van der Waals surface area contributed by atoms with E-state index in [0.29, 0.717) is 4.88 Å². The molecular formula is C15H13NO2S. The van der Waals surface area contributed by atoms with Crippen LogP contribution in [0.4, 0.5) is 0 Å². The van der Waals surface area contributed by atoms with Crippen LogP contribution in [0.25, 0.3) is 11.1 Å². The molecule has 0 radical (unpaired) electrons. The van der Waals surface area contributed by atoms with Crippen LogP contribution in [0.1, 0.15) is 22.2 Å². The van der Waals surface area contributed by atoms with E-state index in [1.165, 1.54) is 16.9 Å². The van der Waals surface area contributed by atoms with E-state index in [9.17, 15) is 4.79 Å². The highest BCUT2D eigenvalue weighted by Gasteiger charge is 2.18. The molecule has 0 bridgehead atoms. The van der Waals surface area contributed by atoms with Gasteiger partial charge in [0.15, 0.2) is 6.10 Å². The Morgan fingerprint density at radius 2 is 2.00 bits per heavy atom. The summed E-state index contributed by atoms with van der Waals surface area (Å²) in [5.41, 5.74) is 2.99. The van der Waals surface area contributed by atoms with Gasteiger partial charge in [-0.2, -0.15) is 5.26 Å². The highest BCUT2D eigenvalue weighted by molar-refractivity contribution is 7.12. The molecule has 1 aromatic carbocycles. The SMILES string of the molecule is Cc1ccc(-c2ccsc2C(=O)O[C@@H](C)C#N)cc1. The summed E-state index contributed by atoms with van der Waals surface area (Å²) >= 11 is 1.33. The number of nitriles is 1. The average molecular weight is 271 g/mol. The number of aryl methyl sites for hydroxylation is 1. The minimum Gasteiger partial charge on any atom is -0.443 e. The normalized spacial score (nSPS) is 11.6. The lowest BCUT2D eigenvalue weighted by molar-refractivity contribution is 0.0442. The number of hydrogen-bond donors (Lipinski definition) is 0. The minimum absolute atomic E-state index is 0.445. The van der Waals surface area contributed by atoms with Gasteiger partial charge in [0, 0.05) is 5.56 Å². The zero-order valence-electron chi connectivity index (χ0n) is 10.7. The quantitative estimate of drug-likeness (QED) is 0.798. The Balaban J connectivity index is 2.30. The van der Waals surface area contributed by atoms with Crippen molar-refractivity contribution in [1.82, 2.24) is 0 Å². The van der Waals surface area contributed by atoms with E-state index < -0.39 is 12.1 Å². The molecule has 0 fully saturated rings. The number of benzene rings is 1. The van der Waals surface area contributed by atoms with Crippen LogP contribution in [-0.2, 0) is 4.74 Å². The Morgan fingerprint density at radius 3 is 2.63 bits per heavy atom. The van der Waals surface area contributed by atoms with Crippen LogP contribution in [0, 0.1) is 18.3 Å². The van der Waals surface area contributed by atoms with Crippen LogP contribution in [0.5, 0.6) is 0 Å². The second-order valence-corrected chi connectivity index (χ2v) is 5.12. The third-order valence-corrected chi connectivity index (χ3v) is 3.57. The van der Waals surface area contributed by atoms with E-state index in [4.69, 9.17) is 10.00 Å². The Kier molecular flexibility index (Phi) is 3.98. The topological polar surface area (TPSA) is 50.1 Å². The zero-order valence-corrected chi connectivity index (χ0v) is 11.5. The number of thiophene rings is 1. The number of nitrogens with zero attached hydrogens (tertiary/aromatic N) is 1. The van der Waals surface area contributed by atoms with Gasteiger partial charge in [-0.25, -0.2) is 4.79 Å². The summed E-state index contributed by atoms with van der Waals surface area (Å²) in [6.07, 6.45) is -0.736. The standard InChI is InChI=1S/C15H13NO2S/c1-10-3-5-12(6-4-10)13-7-8-19-14(13)15(17)18-11(2)9-16/h3-8,11H,1-2H3/t11-/m0/s1. The fourth-order valence-corrected chi connectivity index (χ4v) is 2.47. The molecule has 3 nitrogen and oxygen atoms in total. The maximum atomic E-state index is 12.0. The summed E-state index contributed by atoms with van der Waals surface area (Å²) in [5, 5.41) is 10.5. The molecule has 2 rings (SSSR count). The van der Waals surface area contributed by atoms with E-state index in [-0.39, 0.29) is 0 Å². The third kappa shape index (κ3) is 3.01. The molecule has 1 aromatic heterocycles. The van der Waals surface area contributed by atoms with Gasteiger partial charge in [0.2, 0.25) is 0 Å². The number of carbonyl (C=O) groups is 1. The molecule has 4 heteroatoms. The predicted molar refractivity (Wildman–Crippen MR) is 75.0 cm³/mol. The highest BCUT2D eigenvalue weighted by atomic mass is 32.1. The number of hydrogen-bond acceptors (Lipinski definition) is 4. The molecule has 2 aromatic rings. The van der Waals surface area contributed by atoms with Crippen molar-refractivity contribution in [2.45, 2.75) is 20.0 Å². The second kappa shape index (κ2) is 5.68. The van der Waals surface area contributed by atoms with Gasteiger partial charge in [-0.15, -0.1) is 11.3 Å². The highest BCUT2D eigenvalue weighted by Crippen LogP contribution is 2.29. The third-order valence-electron chi connectivity index (χ3n) is 2.68. The van der Waals surface area contributed by atoms with Crippen LogP contribution in [-0.4, -0.2) is 12.1 Å². The molecule has 0 unspecified atom stereocenters. The van der Waals surface area contributed by atoms with Gasteiger partial charge in [-0.05, 0) is 30.9 Å². The summed E-state index contributed by atoms with van der Waals surface area (Å²) in [7, 11) is 0. The smallest absolute Gasteiger partial charge is 0.350 e. The zero-order chi connectivity index (χ0) is 13.8. The van der Waals surface area contributed by atoms with Crippen LogP contribution in [0.2, 0.25) is 0 Å². The maximum Gasteiger partial charge on any atom is 0.350 e. The lowest BCUT2D eigenvalue weighted by Crippen LogP contribution is -2.12. The molecule has 19 heavy (non-hydrogen) atoms. The summed E-state index contributed by atoms with van der Waals surface area (Å²) in [6, 6.07) is 11.7. The first-order valence-electron chi connectivity index (χ1n) is 5.87. The number of carbonyl (C=O) groups excluding carboxylic acids is 1. The fourth-order valence-electron chi connectivity index (χ4n) is 1.67. The fraction of sp³-hybridized carbons (Fsp3) is 0.200. The van der Waals surface area contributed by atoms with Crippen molar-refractivity contribution in [3.8, 4) is 17.2 Å². The van der Waals surface area contributed by atoms with Crippen LogP contribution < -0.4 is 0 Å². The van der Waals surface area contributed by atoms with Gasteiger partial charge in [0.05, 0.1) is 0 Å². The van der Waals surface area contributed by atoms with Crippen molar-refractivity contribution < 1.29 is 9.53 Å². The Bertz CT molecular complexity index is 622. The first kappa shape index (κ1) is 13.3. The monoisotopic (exact) mass is 271 g/mol. The summed E-state index contributed by atoms with van der Waals surface area (Å²) in [5.74, 6) is -0.445. The molecule has 0 saturated carbocycles. The first-order chi connectivity index (χ1) is 9.11. The van der Waals surface area contributed by atoms with Crippen molar-refractivity contribution in [3.05, 3.63) is 46.2 Å². The van der Waals surface area contributed by atoms with E-state index in [0.717, 1.165) is 11.1 Å². The summed E-state index contributed by atoms with van der Waals surface area (Å²) < 4.78 is 5.04. The molecule has 1 heterocycles. The Hall–Kier alpha value is -2.12. The average Bonchev–Trinajstić information content (AvgIpc) is 2.88. The summed E-state index contributed by atoms with van der Waals surface area (Å²) in [6.45, 7) is 3.57. The van der Waals surface area contributed by atoms with Crippen LogP contribution in [0.3, 0.4) is 0 Å². The molecular weight excluding hydrogens is 258 g/mol. The van der Waals surface area contributed by atoms with E-state index in [2.05, 4.69) is 0 Å². The molecule has 0 saturated heterocycles. The largest absolute Gasteiger partial charge is 0.443 e. The van der Waals surface area contributed by atoms with Crippen LogP contribution in [0.15, 0.2) is 35.7 Å². The lowest BCUT2D eigenvalue weighted by atomic mass is 10.1. The van der Waals surface area contributed by atoms with E-state index in [1.54, 1.807) is 6.92 Å². The van der Waals surface area contributed by atoms with Crippen molar-refractivity contribution in [2.75, 3.05) is 0 Å². The van der Waals surface area contributed by atoms with Gasteiger partial charge in [0.1, 0.15) is 10.9 Å². The molecule has 96 valence electrons. The van der Waals surface area contributed by atoms with Gasteiger partial charge < -0.3 is 4.74 Å². The number of esters is 1. The van der Waals surface area contributed by atoms with E-state index in [1.807, 2.05) is 48.7 Å². The second-order valence-electron chi connectivity index (χ2n) is 4.21. The molecule has 0 spiro atoms. The summed E-state index contributed by atoms with van der Waals surface area (Å²) in [4.78, 5) is 12.5. The van der Waals surface area contributed by atoms with Gasteiger partial charge in [0.25, 0.3) is 0 Å². The predicted octanol–water partition coefficient (Wildman–Crippen LogP) is 3.79. The Labute approximate surface area is 116 Å². The Morgan fingerprint density at radius 1 is 1.32 bits per heavy atom. The van der Waals surface area contributed by atoms with Crippen molar-refractivity contribution in [2.24, 2.45) is 0 Å². The van der Waals surface area contributed by atoms with Crippen molar-refractivity contribution in [1.29, 1.82) is 5.26 Å². The first-order valence-corrected chi connectivity index (χ1v) is 6.75. The number of ether oxygens (including phenoxy) is 1. The molecule has 0 aliphatic carbocycles. The van der Waals surface area contributed by atoms with E-state index >= 15 is 0 Å². The molecule has 0 amide bonds. The minimum atomic E-state index is -0.736. The van der Waals surface area contributed by atoms with Crippen LogP contribution >= 0.6 is 11.3 Å². The van der Waals surface area contributed by atoms with Gasteiger partial charge in [-0.1, -0.05) is 29.8 Å². The maximum absolute atomic E-state index is 12.0. The molecule has 0 aliphatic rings. The van der Waals surface area contributed by atoms with Crippen molar-refractivity contribution >= 4 is 17.3 Å². The lowest BCUT2D eigenvalue weighted by Gasteiger charge is -2.07. The molecule has 1 atom stereocenters. The van der Waals surface area contributed by atoms with Crippen molar-refractivity contribution in [3.63, 3.8) is 0 Å². The number of rotatable bonds is 3. The molecule has 0 aliphatic heterocycles. The van der Waals surface area contributed by atoms with Gasteiger partial charge in [-0.3, -0.25) is 0 Å². The van der Waals surface area contributed by atoms with Gasteiger partial charge >= 0.3 is 5.97 Å².